The van der Waals surface area contributed by atoms with Crippen LogP contribution in [-0.2, 0) is 17.5 Å². The third-order valence-corrected chi connectivity index (χ3v) is 3.63. The number of nitrogens with one attached hydrogen (secondary N) is 2. The Morgan fingerprint density at radius 1 is 1.04 bits per heavy atom. The molecule has 2 amide bonds. The first-order chi connectivity index (χ1) is 12.8. The Morgan fingerprint density at radius 3 is 2.48 bits per heavy atom. The van der Waals surface area contributed by atoms with Crippen molar-refractivity contribution in [3.8, 4) is 0 Å². The van der Waals surface area contributed by atoms with Gasteiger partial charge in [-0.1, -0.05) is 24.3 Å². The molecule has 0 saturated carbocycles. The van der Waals surface area contributed by atoms with Crippen molar-refractivity contribution in [2.24, 2.45) is 0 Å². The average Bonchev–Trinajstić information content (AvgIpc) is 2.64. The van der Waals surface area contributed by atoms with E-state index in [0.717, 1.165) is 17.7 Å². The number of benzene rings is 2. The Kier molecular flexibility index (Phi) is 6.76. The van der Waals surface area contributed by atoms with Crippen molar-refractivity contribution in [2.75, 3.05) is 6.54 Å². The van der Waals surface area contributed by atoms with Gasteiger partial charge in [0, 0.05) is 24.7 Å². The first-order valence-electron chi connectivity index (χ1n) is 8.30. The lowest BCUT2D eigenvalue weighted by molar-refractivity contribution is -0.137. The van der Waals surface area contributed by atoms with Gasteiger partial charge in [0.15, 0.2) is 0 Å². The van der Waals surface area contributed by atoms with Crippen LogP contribution in [0.3, 0.4) is 0 Å². The van der Waals surface area contributed by atoms with Gasteiger partial charge in [-0.3, -0.25) is 9.59 Å². The molecule has 0 spiro atoms. The minimum atomic E-state index is -4.43. The molecule has 2 rings (SSSR count). The smallest absolute Gasteiger partial charge is 0.352 e. The van der Waals surface area contributed by atoms with E-state index in [1.165, 1.54) is 24.3 Å². The molecule has 0 radical (unpaired) electrons. The molecular formula is C20H19F3N2O2. The van der Waals surface area contributed by atoms with Crippen molar-refractivity contribution >= 4 is 17.9 Å². The first kappa shape index (κ1) is 20.2. The van der Waals surface area contributed by atoms with Crippen LogP contribution >= 0.6 is 0 Å². The highest BCUT2D eigenvalue weighted by molar-refractivity contribution is 5.94. The zero-order chi connectivity index (χ0) is 19.9. The number of hydrogen-bond donors (Lipinski definition) is 2. The van der Waals surface area contributed by atoms with Crippen LogP contribution in [0.2, 0.25) is 0 Å². The van der Waals surface area contributed by atoms with E-state index in [1.54, 1.807) is 24.3 Å². The summed E-state index contributed by atoms with van der Waals surface area (Å²) in [6.07, 6.45) is -1.94. The molecule has 4 nitrogen and oxygen atoms in total. The van der Waals surface area contributed by atoms with E-state index in [0.29, 0.717) is 12.1 Å². The lowest BCUT2D eigenvalue weighted by Gasteiger charge is -2.07. The van der Waals surface area contributed by atoms with E-state index in [9.17, 15) is 22.8 Å². The Labute approximate surface area is 155 Å². The van der Waals surface area contributed by atoms with Gasteiger partial charge in [0.25, 0.3) is 5.91 Å². The molecule has 0 fully saturated rings. The fourth-order valence-electron chi connectivity index (χ4n) is 2.32. The topological polar surface area (TPSA) is 58.2 Å². The molecular weight excluding hydrogens is 357 g/mol. The summed E-state index contributed by atoms with van der Waals surface area (Å²) in [6, 6.07) is 11.5. The van der Waals surface area contributed by atoms with Gasteiger partial charge >= 0.3 is 6.18 Å². The highest BCUT2D eigenvalue weighted by Gasteiger charge is 2.30. The van der Waals surface area contributed by atoms with Crippen LogP contribution in [0, 0.1) is 0 Å². The van der Waals surface area contributed by atoms with Gasteiger partial charge in [-0.15, -0.1) is 0 Å². The lowest BCUT2D eigenvalue weighted by atomic mass is 10.1. The number of halogens is 3. The van der Waals surface area contributed by atoms with Gasteiger partial charge in [-0.2, -0.15) is 13.2 Å². The Balaban J connectivity index is 1.96. The third kappa shape index (κ3) is 6.29. The molecule has 0 atom stereocenters. The highest BCUT2D eigenvalue weighted by Crippen LogP contribution is 2.29. The summed E-state index contributed by atoms with van der Waals surface area (Å²) >= 11 is 0. The predicted octanol–water partition coefficient (Wildman–Crippen LogP) is 3.78. The number of carbonyl (C=O) groups excluding carboxylic acids is 2. The minimum absolute atomic E-state index is 0.193. The molecule has 0 aliphatic heterocycles. The maximum atomic E-state index is 12.7. The quantitative estimate of drug-likeness (QED) is 0.754. The largest absolute Gasteiger partial charge is 0.416 e. The number of alkyl halides is 3. The van der Waals surface area contributed by atoms with Gasteiger partial charge in [-0.25, -0.2) is 0 Å². The third-order valence-electron chi connectivity index (χ3n) is 3.63. The number of rotatable bonds is 6. The van der Waals surface area contributed by atoms with E-state index in [1.807, 2.05) is 6.92 Å². The van der Waals surface area contributed by atoms with Crippen LogP contribution in [0.1, 0.15) is 34.0 Å². The molecule has 0 aliphatic carbocycles. The molecule has 0 bridgehead atoms. The van der Waals surface area contributed by atoms with Gasteiger partial charge in [0.2, 0.25) is 5.91 Å². The van der Waals surface area contributed by atoms with Gasteiger partial charge in [0.1, 0.15) is 0 Å². The van der Waals surface area contributed by atoms with Gasteiger partial charge in [-0.05, 0) is 48.4 Å². The molecule has 0 unspecified atom stereocenters. The van der Waals surface area contributed by atoms with Crippen molar-refractivity contribution in [3.63, 3.8) is 0 Å². The Bertz CT molecular complexity index is 845. The summed E-state index contributed by atoms with van der Waals surface area (Å²) in [4.78, 5) is 23.7. The maximum absolute atomic E-state index is 12.7. The molecule has 2 aromatic rings. The molecule has 0 aliphatic rings. The number of amides is 2. The molecule has 0 saturated heterocycles. The summed E-state index contributed by atoms with van der Waals surface area (Å²) in [5.74, 6) is -0.647. The van der Waals surface area contributed by atoms with E-state index in [4.69, 9.17) is 0 Å². The zero-order valence-electron chi connectivity index (χ0n) is 14.6. The first-order valence-corrected chi connectivity index (χ1v) is 8.30. The fourth-order valence-corrected chi connectivity index (χ4v) is 2.32. The van der Waals surface area contributed by atoms with Crippen molar-refractivity contribution in [3.05, 3.63) is 76.9 Å². The number of carbonyl (C=O) groups is 2. The standard InChI is InChI=1S/C20H19F3N2O2/c1-2-24-19(27)16-7-3-6-15(11-16)13-25-18(26)10-9-14-5-4-8-17(12-14)20(21,22)23/h3-12H,2,13H2,1H3,(H,24,27)(H,25,26)/b10-9+. The lowest BCUT2D eigenvalue weighted by Crippen LogP contribution is -2.23. The van der Waals surface area contributed by atoms with Crippen LogP contribution in [-0.4, -0.2) is 18.4 Å². The molecule has 2 aromatic carbocycles. The van der Waals surface area contributed by atoms with Crippen molar-refractivity contribution in [2.45, 2.75) is 19.6 Å². The zero-order valence-corrected chi connectivity index (χ0v) is 14.6. The minimum Gasteiger partial charge on any atom is -0.352 e. The number of hydrogen-bond acceptors (Lipinski definition) is 2. The second kappa shape index (κ2) is 9.02. The summed E-state index contributed by atoms with van der Waals surface area (Å²) in [5, 5.41) is 5.32. The Hall–Kier alpha value is -3.09. The molecule has 27 heavy (non-hydrogen) atoms. The average molecular weight is 376 g/mol. The van der Waals surface area contributed by atoms with Crippen molar-refractivity contribution in [1.29, 1.82) is 0 Å². The van der Waals surface area contributed by atoms with E-state index in [2.05, 4.69) is 10.6 Å². The van der Waals surface area contributed by atoms with E-state index >= 15 is 0 Å². The maximum Gasteiger partial charge on any atom is 0.416 e. The molecule has 7 heteroatoms. The molecule has 0 aromatic heterocycles. The normalized spacial score (nSPS) is 11.4. The van der Waals surface area contributed by atoms with Crippen LogP contribution in [0.25, 0.3) is 6.08 Å². The van der Waals surface area contributed by atoms with E-state index < -0.39 is 17.6 Å². The van der Waals surface area contributed by atoms with Crippen LogP contribution in [0.4, 0.5) is 13.2 Å². The van der Waals surface area contributed by atoms with Crippen molar-refractivity contribution in [1.82, 2.24) is 10.6 Å². The van der Waals surface area contributed by atoms with Gasteiger partial charge in [0.05, 0.1) is 5.56 Å². The van der Waals surface area contributed by atoms with Crippen LogP contribution in [0.5, 0.6) is 0 Å². The Morgan fingerprint density at radius 2 is 1.78 bits per heavy atom. The van der Waals surface area contributed by atoms with Crippen LogP contribution < -0.4 is 10.6 Å². The second-order valence-corrected chi connectivity index (χ2v) is 5.73. The summed E-state index contributed by atoms with van der Waals surface area (Å²) in [5.41, 5.74) is 0.730. The summed E-state index contributed by atoms with van der Waals surface area (Å²) in [6.45, 7) is 2.53. The van der Waals surface area contributed by atoms with Crippen molar-refractivity contribution < 1.29 is 22.8 Å². The highest BCUT2D eigenvalue weighted by atomic mass is 19.4. The summed E-state index contributed by atoms with van der Waals surface area (Å²) in [7, 11) is 0. The van der Waals surface area contributed by atoms with Gasteiger partial charge < -0.3 is 10.6 Å². The summed E-state index contributed by atoms with van der Waals surface area (Å²) < 4.78 is 38.0. The second-order valence-electron chi connectivity index (χ2n) is 5.73. The van der Waals surface area contributed by atoms with E-state index in [-0.39, 0.29) is 18.0 Å². The monoisotopic (exact) mass is 376 g/mol. The fraction of sp³-hybridized carbons (Fsp3) is 0.200. The van der Waals surface area contributed by atoms with Crippen LogP contribution in [0.15, 0.2) is 54.6 Å². The molecule has 142 valence electrons. The molecule has 2 N–H and O–H groups in total. The SMILES string of the molecule is CCNC(=O)c1cccc(CNC(=O)/C=C/c2cccc(C(F)(F)F)c2)c1. The molecule has 0 heterocycles. The predicted molar refractivity (Wildman–Crippen MR) is 96.8 cm³/mol.